The molecule has 0 spiro atoms. The van der Waals surface area contributed by atoms with Crippen LogP contribution in [0.4, 0.5) is 5.69 Å². The number of rotatable bonds is 5. The van der Waals surface area contributed by atoms with Crippen LogP contribution >= 0.6 is 0 Å². The molecule has 0 bridgehead atoms. The van der Waals surface area contributed by atoms with Crippen LogP contribution in [-0.2, 0) is 16.0 Å². The average molecular weight is 252 g/mol. The highest BCUT2D eigenvalue weighted by molar-refractivity contribution is 6.36. The number of hydrogen-bond acceptors (Lipinski definition) is 6. The van der Waals surface area contributed by atoms with Crippen LogP contribution in [0.5, 0.6) is 0 Å². The van der Waals surface area contributed by atoms with Crippen molar-refractivity contribution in [3.8, 4) is 0 Å². The maximum absolute atomic E-state index is 11.1. The minimum atomic E-state index is -0.754. The molecule has 7 nitrogen and oxygen atoms in total. The molecule has 0 radical (unpaired) electrons. The lowest BCUT2D eigenvalue weighted by Crippen LogP contribution is -2.16. The van der Waals surface area contributed by atoms with Crippen molar-refractivity contribution in [2.75, 3.05) is 7.11 Å². The van der Waals surface area contributed by atoms with Crippen molar-refractivity contribution in [3.05, 3.63) is 39.9 Å². The summed E-state index contributed by atoms with van der Waals surface area (Å²) in [6, 6.07) is 6.19. The van der Waals surface area contributed by atoms with Gasteiger partial charge >= 0.3 is 5.97 Å². The Bertz CT molecular complexity index is 484. The van der Waals surface area contributed by atoms with Gasteiger partial charge in [0, 0.05) is 18.1 Å². The standard InChI is InChI=1S/C11H12N2O5/c1-18-11(14)9(12-15)7-6-8-4-2-3-5-10(8)13(16)17/h2-5,15H,6-7H2,1H3. The van der Waals surface area contributed by atoms with Crippen molar-refractivity contribution in [2.24, 2.45) is 5.16 Å². The van der Waals surface area contributed by atoms with E-state index in [2.05, 4.69) is 9.89 Å². The maximum atomic E-state index is 11.1. The van der Waals surface area contributed by atoms with Crippen molar-refractivity contribution in [1.29, 1.82) is 0 Å². The van der Waals surface area contributed by atoms with E-state index in [-0.39, 0.29) is 24.2 Å². The van der Waals surface area contributed by atoms with Crippen LogP contribution in [0.2, 0.25) is 0 Å². The van der Waals surface area contributed by atoms with E-state index in [4.69, 9.17) is 5.21 Å². The van der Waals surface area contributed by atoms with Crippen LogP contribution < -0.4 is 0 Å². The lowest BCUT2D eigenvalue weighted by Gasteiger charge is -2.03. The van der Waals surface area contributed by atoms with E-state index >= 15 is 0 Å². The number of esters is 1. The van der Waals surface area contributed by atoms with Gasteiger partial charge in [-0.2, -0.15) is 0 Å². The third kappa shape index (κ3) is 3.27. The van der Waals surface area contributed by atoms with Gasteiger partial charge < -0.3 is 9.94 Å². The highest BCUT2D eigenvalue weighted by Crippen LogP contribution is 2.19. The second kappa shape index (κ2) is 6.33. The highest BCUT2D eigenvalue weighted by atomic mass is 16.6. The smallest absolute Gasteiger partial charge is 0.355 e. The first-order valence-electron chi connectivity index (χ1n) is 5.11. The summed E-state index contributed by atoms with van der Waals surface area (Å²) >= 11 is 0. The van der Waals surface area contributed by atoms with Crippen LogP contribution in [0, 0.1) is 10.1 Å². The van der Waals surface area contributed by atoms with Gasteiger partial charge in [-0.3, -0.25) is 10.1 Å². The molecule has 0 unspecified atom stereocenters. The number of oxime groups is 1. The molecule has 0 heterocycles. The summed E-state index contributed by atoms with van der Waals surface area (Å²) in [7, 11) is 1.17. The minimum Gasteiger partial charge on any atom is -0.464 e. The van der Waals surface area contributed by atoms with Crippen LogP contribution in [0.15, 0.2) is 29.4 Å². The Labute approximate surface area is 103 Å². The highest BCUT2D eigenvalue weighted by Gasteiger charge is 2.16. The molecule has 1 aromatic rings. The number of carbonyl (C=O) groups excluding carboxylic acids is 1. The largest absolute Gasteiger partial charge is 0.464 e. The van der Waals surface area contributed by atoms with Crippen LogP contribution in [0.1, 0.15) is 12.0 Å². The minimum absolute atomic E-state index is 0.0281. The molecule has 0 saturated heterocycles. The molecule has 0 aliphatic rings. The molecule has 0 fully saturated rings. The molecule has 1 rings (SSSR count). The Balaban J connectivity index is 2.80. The predicted octanol–water partition coefficient (Wildman–Crippen LogP) is 1.53. The predicted molar refractivity (Wildman–Crippen MR) is 62.7 cm³/mol. The van der Waals surface area contributed by atoms with Crippen LogP contribution in [0.3, 0.4) is 0 Å². The Morgan fingerprint density at radius 1 is 1.50 bits per heavy atom. The summed E-state index contributed by atoms with van der Waals surface area (Å²) in [5.41, 5.74) is 0.267. The molecule has 0 amide bonds. The number of para-hydroxylation sites is 1. The van der Waals surface area contributed by atoms with Gasteiger partial charge in [0.25, 0.3) is 5.69 Å². The third-order valence-corrected chi connectivity index (χ3v) is 2.36. The van der Waals surface area contributed by atoms with Gasteiger partial charge in [-0.15, -0.1) is 0 Å². The fourth-order valence-electron chi connectivity index (χ4n) is 1.46. The molecule has 0 saturated carbocycles. The molecule has 18 heavy (non-hydrogen) atoms. The fourth-order valence-corrected chi connectivity index (χ4v) is 1.46. The van der Waals surface area contributed by atoms with Gasteiger partial charge in [0.1, 0.15) is 0 Å². The van der Waals surface area contributed by atoms with E-state index in [1.165, 1.54) is 13.2 Å². The number of nitro benzene ring substituents is 1. The summed E-state index contributed by atoms with van der Waals surface area (Å²) in [6.45, 7) is 0. The van der Waals surface area contributed by atoms with Gasteiger partial charge in [-0.05, 0) is 6.42 Å². The van der Waals surface area contributed by atoms with Gasteiger partial charge in [-0.25, -0.2) is 4.79 Å². The third-order valence-electron chi connectivity index (χ3n) is 2.36. The first kappa shape index (κ1) is 13.6. The molecule has 1 aromatic carbocycles. The second-order valence-electron chi connectivity index (χ2n) is 3.42. The monoisotopic (exact) mass is 252 g/mol. The maximum Gasteiger partial charge on any atom is 0.355 e. The molecule has 0 atom stereocenters. The second-order valence-corrected chi connectivity index (χ2v) is 3.42. The van der Waals surface area contributed by atoms with Gasteiger partial charge in [0.2, 0.25) is 0 Å². The number of ether oxygens (including phenoxy) is 1. The quantitative estimate of drug-likeness (QED) is 0.281. The molecule has 96 valence electrons. The number of methoxy groups -OCH3 is 1. The first-order valence-corrected chi connectivity index (χ1v) is 5.11. The molecule has 0 aromatic heterocycles. The Morgan fingerprint density at radius 3 is 2.72 bits per heavy atom. The van der Waals surface area contributed by atoms with Crippen molar-refractivity contribution in [3.63, 3.8) is 0 Å². The summed E-state index contributed by atoms with van der Waals surface area (Å²) in [4.78, 5) is 21.4. The van der Waals surface area contributed by atoms with Gasteiger partial charge in [0.15, 0.2) is 5.71 Å². The van der Waals surface area contributed by atoms with Crippen molar-refractivity contribution < 1.29 is 19.7 Å². The van der Waals surface area contributed by atoms with E-state index in [9.17, 15) is 14.9 Å². The fraction of sp³-hybridized carbons (Fsp3) is 0.273. The number of hydrogen-bond donors (Lipinski definition) is 1. The number of benzene rings is 1. The molecular formula is C11H12N2O5. The normalized spacial score (nSPS) is 11.1. The number of carbonyl (C=O) groups is 1. The summed E-state index contributed by atoms with van der Waals surface area (Å²) in [5, 5.41) is 22.2. The van der Waals surface area contributed by atoms with Crippen molar-refractivity contribution in [1.82, 2.24) is 0 Å². The Kier molecular flexibility index (Phi) is 4.79. The number of aryl methyl sites for hydroxylation is 1. The number of nitro groups is 1. The van der Waals surface area contributed by atoms with E-state index in [1.54, 1.807) is 18.2 Å². The van der Waals surface area contributed by atoms with Crippen LogP contribution in [0.25, 0.3) is 0 Å². The lowest BCUT2D eigenvalue weighted by molar-refractivity contribution is -0.385. The molecular weight excluding hydrogens is 240 g/mol. The first-order chi connectivity index (χ1) is 8.60. The zero-order valence-electron chi connectivity index (χ0n) is 9.70. The zero-order chi connectivity index (χ0) is 13.5. The van der Waals surface area contributed by atoms with E-state index in [1.807, 2.05) is 0 Å². The average Bonchev–Trinajstić information content (AvgIpc) is 2.39. The van der Waals surface area contributed by atoms with E-state index < -0.39 is 10.9 Å². The van der Waals surface area contributed by atoms with Gasteiger partial charge in [0.05, 0.1) is 12.0 Å². The summed E-state index contributed by atoms with van der Waals surface area (Å²) in [6.07, 6.45) is 0.277. The van der Waals surface area contributed by atoms with E-state index in [0.717, 1.165) is 0 Å². The van der Waals surface area contributed by atoms with Crippen LogP contribution in [-0.4, -0.2) is 28.9 Å². The molecule has 0 aliphatic carbocycles. The summed E-state index contributed by atoms with van der Waals surface area (Å²) in [5.74, 6) is -0.754. The number of nitrogens with zero attached hydrogens (tertiary/aromatic N) is 2. The molecule has 0 aliphatic heterocycles. The zero-order valence-corrected chi connectivity index (χ0v) is 9.70. The summed E-state index contributed by atoms with van der Waals surface area (Å²) < 4.78 is 4.41. The van der Waals surface area contributed by atoms with Gasteiger partial charge in [-0.1, -0.05) is 23.4 Å². The van der Waals surface area contributed by atoms with E-state index in [0.29, 0.717) is 5.56 Å². The Morgan fingerprint density at radius 2 is 2.17 bits per heavy atom. The lowest BCUT2D eigenvalue weighted by atomic mass is 10.1. The topological polar surface area (TPSA) is 102 Å². The van der Waals surface area contributed by atoms with Crippen molar-refractivity contribution in [2.45, 2.75) is 12.8 Å². The van der Waals surface area contributed by atoms with Crippen molar-refractivity contribution >= 4 is 17.4 Å². The molecule has 1 N–H and O–H groups in total. The Hall–Kier alpha value is -2.44. The molecule has 7 heteroatoms. The SMILES string of the molecule is COC(=O)C(CCc1ccccc1[N+](=O)[O-])=NO.